The molecular formula is C11H21N3O5. The number of rotatable bonds is 10. The number of carboxylic acid groups (broad SMARTS) is 2. The van der Waals surface area contributed by atoms with Crippen LogP contribution in [-0.4, -0.2) is 53.9 Å². The fourth-order valence-electron chi connectivity index (χ4n) is 1.33. The van der Waals surface area contributed by atoms with Gasteiger partial charge in [-0.15, -0.1) is 0 Å². The highest BCUT2D eigenvalue weighted by atomic mass is 16.4. The molecule has 0 rings (SSSR count). The summed E-state index contributed by atoms with van der Waals surface area (Å²) in [6.07, 6.45) is 0.279. The molecule has 5 N–H and O–H groups in total. The lowest BCUT2D eigenvalue weighted by molar-refractivity contribution is -0.140. The van der Waals surface area contributed by atoms with E-state index in [0.29, 0.717) is 6.54 Å². The minimum atomic E-state index is -1.25. The van der Waals surface area contributed by atoms with Gasteiger partial charge in [-0.25, -0.2) is 9.59 Å². The fraction of sp³-hybridized carbons (Fsp3) is 0.727. The lowest BCUT2D eigenvalue weighted by Gasteiger charge is -2.14. The predicted octanol–water partition coefficient (Wildman–Crippen LogP) is -0.397. The van der Waals surface area contributed by atoms with Crippen molar-refractivity contribution >= 4 is 18.0 Å². The van der Waals surface area contributed by atoms with Crippen LogP contribution in [0.1, 0.15) is 26.2 Å². The second-order valence-electron chi connectivity index (χ2n) is 3.93. The summed E-state index contributed by atoms with van der Waals surface area (Å²) in [7, 11) is 0. The highest BCUT2D eigenvalue weighted by Gasteiger charge is 2.20. The van der Waals surface area contributed by atoms with Crippen LogP contribution < -0.4 is 16.0 Å². The third-order valence-corrected chi connectivity index (χ3v) is 2.32. The zero-order chi connectivity index (χ0) is 14.7. The summed E-state index contributed by atoms with van der Waals surface area (Å²) in [4.78, 5) is 32.6. The molecule has 0 heterocycles. The summed E-state index contributed by atoms with van der Waals surface area (Å²) >= 11 is 0. The Morgan fingerprint density at radius 1 is 1.16 bits per heavy atom. The van der Waals surface area contributed by atoms with Crippen LogP contribution in [0.25, 0.3) is 0 Å². The highest BCUT2D eigenvalue weighted by Crippen LogP contribution is 1.97. The molecule has 8 heteroatoms. The van der Waals surface area contributed by atoms with Crippen LogP contribution >= 0.6 is 0 Å². The Bertz CT molecular complexity index is 309. The van der Waals surface area contributed by atoms with E-state index in [0.717, 1.165) is 19.5 Å². The molecule has 8 nitrogen and oxygen atoms in total. The third-order valence-electron chi connectivity index (χ3n) is 2.32. The van der Waals surface area contributed by atoms with E-state index in [2.05, 4.69) is 16.0 Å². The number of carbonyl (C=O) groups excluding carboxylic acids is 1. The van der Waals surface area contributed by atoms with Gasteiger partial charge in [0.2, 0.25) is 0 Å². The molecule has 1 atom stereocenters. The maximum Gasteiger partial charge on any atom is 0.326 e. The summed E-state index contributed by atoms with van der Waals surface area (Å²) in [5.41, 5.74) is 0. The Kier molecular flexibility index (Phi) is 9.15. The first-order valence-electron chi connectivity index (χ1n) is 6.17. The number of nitrogens with one attached hydrogen (secondary N) is 3. The molecule has 0 aliphatic carbocycles. The van der Waals surface area contributed by atoms with Gasteiger partial charge in [0.15, 0.2) is 0 Å². The molecule has 0 bridgehead atoms. The molecule has 0 radical (unpaired) electrons. The molecule has 0 aliphatic heterocycles. The van der Waals surface area contributed by atoms with Gasteiger partial charge in [-0.1, -0.05) is 6.92 Å². The van der Waals surface area contributed by atoms with Crippen molar-refractivity contribution in [1.82, 2.24) is 16.0 Å². The first-order chi connectivity index (χ1) is 8.97. The summed E-state index contributed by atoms with van der Waals surface area (Å²) in [6.45, 7) is 4.00. The van der Waals surface area contributed by atoms with Crippen molar-refractivity contribution in [2.75, 3.05) is 19.6 Å². The van der Waals surface area contributed by atoms with E-state index in [4.69, 9.17) is 10.2 Å². The second kappa shape index (κ2) is 10.1. The maximum atomic E-state index is 11.4. The molecule has 0 spiro atoms. The molecule has 19 heavy (non-hydrogen) atoms. The van der Waals surface area contributed by atoms with E-state index >= 15 is 0 Å². The number of aliphatic carboxylic acids is 2. The van der Waals surface area contributed by atoms with Crippen molar-refractivity contribution in [1.29, 1.82) is 0 Å². The van der Waals surface area contributed by atoms with Crippen LogP contribution in [0, 0.1) is 0 Å². The number of carboxylic acids is 2. The Morgan fingerprint density at radius 2 is 1.84 bits per heavy atom. The van der Waals surface area contributed by atoms with Gasteiger partial charge in [-0.3, -0.25) is 4.79 Å². The molecule has 1 unspecified atom stereocenters. The first kappa shape index (κ1) is 17.2. The fourth-order valence-corrected chi connectivity index (χ4v) is 1.33. The third kappa shape index (κ3) is 9.83. The standard InChI is InChI=1S/C11H21N3O5/c1-2-12-6-3-7-13-11(19)14-8(10(17)18)4-5-9(15)16/h8,12H,2-7H2,1H3,(H,15,16)(H,17,18)(H2,13,14,19). The van der Waals surface area contributed by atoms with E-state index in [1.165, 1.54) is 0 Å². The lowest BCUT2D eigenvalue weighted by atomic mass is 10.1. The number of carbonyl (C=O) groups is 3. The molecule has 0 aromatic carbocycles. The van der Waals surface area contributed by atoms with Crippen molar-refractivity contribution in [3.05, 3.63) is 0 Å². The van der Waals surface area contributed by atoms with Crippen LogP contribution in [0.5, 0.6) is 0 Å². The molecule has 110 valence electrons. The molecule has 0 aliphatic rings. The van der Waals surface area contributed by atoms with Gasteiger partial charge in [-0.2, -0.15) is 0 Å². The summed E-state index contributed by atoms with van der Waals surface area (Å²) in [6, 6.07) is -1.79. The SMILES string of the molecule is CCNCCCNC(=O)NC(CCC(=O)O)C(=O)O. The smallest absolute Gasteiger partial charge is 0.326 e. The van der Waals surface area contributed by atoms with Crippen molar-refractivity contribution in [2.24, 2.45) is 0 Å². The Hall–Kier alpha value is -1.83. The summed E-state index contributed by atoms with van der Waals surface area (Å²) < 4.78 is 0. The zero-order valence-electron chi connectivity index (χ0n) is 10.9. The number of amides is 2. The van der Waals surface area contributed by atoms with Crippen LogP contribution in [0.3, 0.4) is 0 Å². The Labute approximate surface area is 111 Å². The number of hydrogen-bond donors (Lipinski definition) is 5. The first-order valence-corrected chi connectivity index (χ1v) is 6.17. The Balaban J connectivity index is 3.90. The van der Waals surface area contributed by atoms with Gasteiger partial charge < -0.3 is 26.2 Å². The van der Waals surface area contributed by atoms with E-state index < -0.39 is 24.0 Å². The number of hydrogen-bond acceptors (Lipinski definition) is 4. The monoisotopic (exact) mass is 275 g/mol. The molecule has 0 aromatic heterocycles. The van der Waals surface area contributed by atoms with E-state index in [1.807, 2.05) is 6.92 Å². The van der Waals surface area contributed by atoms with Crippen molar-refractivity contribution in [2.45, 2.75) is 32.2 Å². The van der Waals surface area contributed by atoms with Gasteiger partial charge in [0.25, 0.3) is 0 Å². The van der Waals surface area contributed by atoms with Crippen LogP contribution in [0.15, 0.2) is 0 Å². The second-order valence-corrected chi connectivity index (χ2v) is 3.93. The Morgan fingerprint density at radius 3 is 2.37 bits per heavy atom. The average Bonchev–Trinajstić information content (AvgIpc) is 2.33. The predicted molar refractivity (Wildman–Crippen MR) is 68.0 cm³/mol. The van der Waals surface area contributed by atoms with E-state index in [-0.39, 0.29) is 12.8 Å². The van der Waals surface area contributed by atoms with E-state index in [1.54, 1.807) is 0 Å². The minimum Gasteiger partial charge on any atom is -0.481 e. The topological polar surface area (TPSA) is 128 Å². The van der Waals surface area contributed by atoms with E-state index in [9.17, 15) is 14.4 Å². The molecule has 0 fully saturated rings. The zero-order valence-corrected chi connectivity index (χ0v) is 10.9. The van der Waals surface area contributed by atoms with Crippen molar-refractivity contribution < 1.29 is 24.6 Å². The molecule has 0 saturated carbocycles. The van der Waals surface area contributed by atoms with Crippen molar-refractivity contribution in [3.63, 3.8) is 0 Å². The molecule has 0 aromatic rings. The van der Waals surface area contributed by atoms with Gasteiger partial charge >= 0.3 is 18.0 Å². The normalized spacial score (nSPS) is 11.6. The summed E-state index contributed by atoms with van der Waals surface area (Å²) in [5.74, 6) is -2.34. The lowest BCUT2D eigenvalue weighted by Crippen LogP contribution is -2.46. The van der Waals surface area contributed by atoms with Crippen LogP contribution in [0.4, 0.5) is 4.79 Å². The van der Waals surface area contributed by atoms with Crippen LogP contribution in [-0.2, 0) is 9.59 Å². The van der Waals surface area contributed by atoms with Gasteiger partial charge in [-0.05, 0) is 25.9 Å². The average molecular weight is 275 g/mol. The number of urea groups is 1. The highest BCUT2D eigenvalue weighted by molar-refractivity contribution is 5.82. The van der Waals surface area contributed by atoms with Gasteiger partial charge in [0, 0.05) is 13.0 Å². The summed E-state index contributed by atoms with van der Waals surface area (Å²) in [5, 5.41) is 25.1. The van der Waals surface area contributed by atoms with Crippen molar-refractivity contribution in [3.8, 4) is 0 Å². The molecule has 0 saturated heterocycles. The maximum absolute atomic E-state index is 11.4. The largest absolute Gasteiger partial charge is 0.481 e. The van der Waals surface area contributed by atoms with Gasteiger partial charge in [0.05, 0.1) is 0 Å². The quantitative estimate of drug-likeness (QED) is 0.345. The van der Waals surface area contributed by atoms with Crippen LogP contribution in [0.2, 0.25) is 0 Å². The van der Waals surface area contributed by atoms with Gasteiger partial charge in [0.1, 0.15) is 6.04 Å². The minimum absolute atomic E-state index is 0.143. The molecular weight excluding hydrogens is 254 g/mol. The molecule has 2 amide bonds.